The van der Waals surface area contributed by atoms with Gasteiger partial charge < -0.3 is 4.74 Å². The second kappa shape index (κ2) is 6.52. The van der Waals surface area contributed by atoms with E-state index in [0.717, 1.165) is 36.1 Å². The fourth-order valence-corrected chi connectivity index (χ4v) is 3.26. The third-order valence-corrected chi connectivity index (χ3v) is 4.87. The molecule has 1 aromatic heterocycles. The highest BCUT2D eigenvalue weighted by Crippen LogP contribution is 2.53. The summed E-state index contributed by atoms with van der Waals surface area (Å²) in [5.41, 5.74) is 4.32. The minimum absolute atomic E-state index is 0.0981. The van der Waals surface area contributed by atoms with E-state index in [4.69, 9.17) is 4.74 Å². The van der Waals surface area contributed by atoms with Crippen molar-refractivity contribution in [3.05, 3.63) is 95.3 Å². The average Bonchev–Trinajstić information content (AvgIpc) is 3.50. The molecule has 1 aliphatic carbocycles. The van der Waals surface area contributed by atoms with Gasteiger partial charge in [0.1, 0.15) is 18.6 Å². The number of carbonyl (C=O) groups excluding carboxylic acids is 1. The van der Waals surface area contributed by atoms with Gasteiger partial charge in [-0.2, -0.15) is 0 Å². The molecular weight excluding hydrogens is 310 g/mol. The highest BCUT2D eigenvalue weighted by atomic mass is 16.5. The first kappa shape index (κ1) is 15.6. The zero-order valence-corrected chi connectivity index (χ0v) is 13.9. The Labute approximate surface area is 147 Å². The van der Waals surface area contributed by atoms with Crippen LogP contribution < -0.4 is 4.74 Å². The maximum Gasteiger partial charge on any atom is 0.150 e. The molecule has 4 rings (SSSR count). The molecule has 0 unspecified atom stereocenters. The number of pyridine rings is 1. The van der Waals surface area contributed by atoms with Crippen LogP contribution in [0.25, 0.3) is 0 Å². The lowest BCUT2D eigenvalue weighted by molar-refractivity contribution is 0.112. The molecule has 0 amide bonds. The van der Waals surface area contributed by atoms with Gasteiger partial charge in [-0.1, -0.05) is 42.5 Å². The van der Waals surface area contributed by atoms with Crippen LogP contribution in [-0.4, -0.2) is 11.3 Å². The summed E-state index contributed by atoms with van der Waals surface area (Å²) in [6.07, 6.45) is 4.94. The predicted octanol–water partition coefficient (Wildman–Crippen LogP) is 4.55. The lowest BCUT2D eigenvalue weighted by Crippen LogP contribution is -2.08. The van der Waals surface area contributed by atoms with Crippen LogP contribution in [0.15, 0.2) is 72.9 Å². The molecule has 0 N–H and O–H groups in total. The summed E-state index contributed by atoms with van der Waals surface area (Å²) in [6.45, 7) is 0.471. The van der Waals surface area contributed by atoms with E-state index >= 15 is 0 Å². The first-order chi connectivity index (χ1) is 12.3. The van der Waals surface area contributed by atoms with E-state index in [-0.39, 0.29) is 5.41 Å². The Balaban J connectivity index is 1.48. The van der Waals surface area contributed by atoms with Gasteiger partial charge in [0, 0.05) is 17.2 Å². The van der Waals surface area contributed by atoms with E-state index in [1.807, 2.05) is 42.5 Å². The average molecular weight is 329 g/mol. The predicted molar refractivity (Wildman–Crippen MR) is 96.9 cm³/mol. The molecule has 0 bridgehead atoms. The molecule has 1 aliphatic rings. The number of carbonyl (C=O) groups is 1. The third-order valence-electron chi connectivity index (χ3n) is 4.87. The zero-order valence-electron chi connectivity index (χ0n) is 13.9. The van der Waals surface area contributed by atoms with Crippen LogP contribution in [0, 0.1) is 0 Å². The maximum atomic E-state index is 10.8. The van der Waals surface area contributed by atoms with E-state index in [2.05, 4.69) is 29.2 Å². The quantitative estimate of drug-likeness (QED) is 0.623. The summed E-state index contributed by atoms with van der Waals surface area (Å²) in [5.74, 6) is 0.849. The summed E-state index contributed by atoms with van der Waals surface area (Å²) < 4.78 is 5.81. The molecule has 1 fully saturated rings. The number of rotatable bonds is 6. The van der Waals surface area contributed by atoms with Gasteiger partial charge in [-0.15, -0.1) is 0 Å². The highest BCUT2D eigenvalue weighted by Gasteiger charge is 2.45. The summed E-state index contributed by atoms with van der Waals surface area (Å²) in [6, 6.07) is 22.1. The Hall–Kier alpha value is -2.94. The van der Waals surface area contributed by atoms with Crippen molar-refractivity contribution in [2.45, 2.75) is 24.9 Å². The Bertz CT molecular complexity index is 851. The molecule has 124 valence electrons. The van der Waals surface area contributed by atoms with Gasteiger partial charge in [-0.05, 0) is 48.2 Å². The van der Waals surface area contributed by atoms with Crippen molar-refractivity contribution in [2.24, 2.45) is 0 Å². The Kier molecular flexibility index (Phi) is 4.06. The molecule has 0 spiro atoms. The molecule has 3 aromatic rings. The number of ether oxygens (including phenoxy) is 1. The number of nitrogens with zero attached hydrogens (tertiary/aromatic N) is 1. The topological polar surface area (TPSA) is 39.2 Å². The molecule has 0 saturated heterocycles. The van der Waals surface area contributed by atoms with Crippen LogP contribution >= 0.6 is 0 Å². The van der Waals surface area contributed by atoms with Crippen molar-refractivity contribution in [3.63, 3.8) is 0 Å². The smallest absolute Gasteiger partial charge is 0.150 e. The lowest BCUT2D eigenvalue weighted by Gasteiger charge is -2.17. The van der Waals surface area contributed by atoms with Crippen molar-refractivity contribution in [1.29, 1.82) is 0 Å². The van der Waals surface area contributed by atoms with Crippen LogP contribution in [-0.2, 0) is 12.0 Å². The molecule has 0 aliphatic heterocycles. The molecule has 25 heavy (non-hydrogen) atoms. The van der Waals surface area contributed by atoms with Gasteiger partial charge in [0.05, 0.1) is 5.69 Å². The Morgan fingerprint density at radius 3 is 2.16 bits per heavy atom. The first-order valence-electron chi connectivity index (χ1n) is 8.49. The number of hydrogen-bond acceptors (Lipinski definition) is 3. The number of aldehydes is 1. The van der Waals surface area contributed by atoms with Gasteiger partial charge in [0.15, 0.2) is 0 Å². The molecule has 0 radical (unpaired) electrons. The summed E-state index contributed by atoms with van der Waals surface area (Å²) in [4.78, 5) is 15.1. The molecule has 1 heterocycles. The Morgan fingerprint density at radius 2 is 1.60 bits per heavy atom. The lowest BCUT2D eigenvalue weighted by atomic mass is 9.87. The second-order valence-electron chi connectivity index (χ2n) is 6.46. The van der Waals surface area contributed by atoms with E-state index in [1.165, 1.54) is 11.1 Å². The largest absolute Gasteiger partial charge is 0.487 e. The van der Waals surface area contributed by atoms with Crippen LogP contribution in [0.4, 0.5) is 0 Å². The normalized spacial score (nSPS) is 14.7. The first-order valence-corrected chi connectivity index (χ1v) is 8.49. The van der Waals surface area contributed by atoms with Crippen LogP contribution in [0.5, 0.6) is 5.75 Å². The van der Waals surface area contributed by atoms with Crippen molar-refractivity contribution in [2.75, 3.05) is 0 Å². The minimum atomic E-state index is 0.0981. The van der Waals surface area contributed by atoms with E-state index < -0.39 is 0 Å². The van der Waals surface area contributed by atoms with Gasteiger partial charge in [-0.3, -0.25) is 9.78 Å². The van der Waals surface area contributed by atoms with Crippen molar-refractivity contribution in [3.8, 4) is 5.75 Å². The van der Waals surface area contributed by atoms with Crippen molar-refractivity contribution >= 4 is 6.29 Å². The minimum Gasteiger partial charge on any atom is -0.487 e. The molecule has 3 nitrogen and oxygen atoms in total. The highest BCUT2D eigenvalue weighted by molar-refractivity contribution is 5.74. The van der Waals surface area contributed by atoms with E-state index in [1.54, 1.807) is 6.20 Å². The fraction of sp³-hybridized carbons (Fsp3) is 0.182. The number of hydrogen-bond donors (Lipinski definition) is 0. The molecular formula is C22H19NO2. The van der Waals surface area contributed by atoms with Gasteiger partial charge in [0.2, 0.25) is 0 Å². The van der Waals surface area contributed by atoms with Crippen LogP contribution in [0.1, 0.15) is 40.0 Å². The summed E-state index contributed by atoms with van der Waals surface area (Å²) in [7, 11) is 0. The molecule has 0 atom stereocenters. The van der Waals surface area contributed by atoms with Gasteiger partial charge in [0.25, 0.3) is 0 Å². The second-order valence-corrected chi connectivity index (χ2v) is 6.46. The Morgan fingerprint density at radius 1 is 0.920 bits per heavy atom. The van der Waals surface area contributed by atoms with Crippen LogP contribution in [0.2, 0.25) is 0 Å². The van der Waals surface area contributed by atoms with Crippen LogP contribution in [0.3, 0.4) is 0 Å². The fourth-order valence-electron chi connectivity index (χ4n) is 3.26. The molecule has 3 heteroatoms. The van der Waals surface area contributed by atoms with Crippen molar-refractivity contribution < 1.29 is 9.53 Å². The zero-order chi connectivity index (χ0) is 17.1. The third kappa shape index (κ3) is 3.18. The summed E-state index contributed by atoms with van der Waals surface area (Å²) in [5, 5.41) is 0. The maximum absolute atomic E-state index is 10.8. The molecule has 2 aromatic carbocycles. The summed E-state index contributed by atoms with van der Waals surface area (Å²) >= 11 is 0. The molecule has 1 saturated carbocycles. The van der Waals surface area contributed by atoms with Gasteiger partial charge >= 0.3 is 0 Å². The van der Waals surface area contributed by atoms with E-state index in [9.17, 15) is 4.79 Å². The SMILES string of the molecule is O=Cc1ccc(C2(c3ccc(OCc4ccccn4)cc3)CC2)cc1. The van der Waals surface area contributed by atoms with E-state index in [0.29, 0.717) is 6.61 Å². The van der Waals surface area contributed by atoms with Crippen molar-refractivity contribution in [1.82, 2.24) is 4.98 Å². The standard InChI is InChI=1S/C22H19NO2/c24-15-17-4-6-18(7-5-17)22(12-13-22)19-8-10-21(11-9-19)25-16-20-3-1-2-14-23-20/h1-11,14-15H,12-13,16H2. The van der Waals surface area contributed by atoms with Gasteiger partial charge in [-0.25, -0.2) is 0 Å². The number of aromatic nitrogens is 1. The monoisotopic (exact) mass is 329 g/mol. The number of benzene rings is 2.